The topological polar surface area (TPSA) is 75.2 Å². The molecule has 5 rings (SSSR count). The van der Waals surface area contributed by atoms with Crippen LogP contribution in [0.4, 0.5) is 5.69 Å². The van der Waals surface area contributed by atoms with Gasteiger partial charge in [-0.2, -0.15) is 5.26 Å². The zero-order valence-electron chi connectivity index (χ0n) is 16.2. The van der Waals surface area contributed by atoms with Crippen LogP contribution in [0, 0.1) is 11.3 Å². The van der Waals surface area contributed by atoms with Gasteiger partial charge in [0.2, 0.25) is 5.89 Å². The zero-order valence-corrected chi connectivity index (χ0v) is 16.2. The minimum absolute atomic E-state index is 0.320. The number of fused-ring (bicyclic) bond motifs is 1. The van der Waals surface area contributed by atoms with Crippen molar-refractivity contribution in [1.29, 1.82) is 5.26 Å². The van der Waals surface area contributed by atoms with Gasteiger partial charge in [0.05, 0.1) is 30.5 Å². The Morgan fingerprint density at radius 1 is 1.14 bits per heavy atom. The van der Waals surface area contributed by atoms with E-state index >= 15 is 0 Å². The van der Waals surface area contributed by atoms with Crippen LogP contribution in [0.1, 0.15) is 34.9 Å². The van der Waals surface area contributed by atoms with Crippen molar-refractivity contribution in [2.45, 2.75) is 25.2 Å². The molecule has 1 fully saturated rings. The van der Waals surface area contributed by atoms with Gasteiger partial charge < -0.3 is 14.1 Å². The van der Waals surface area contributed by atoms with Crippen molar-refractivity contribution >= 4 is 5.69 Å². The number of morpholine rings is 1. The molecule has 1 unspecified atom stereocenters. The molecular formula is C23H22N4O2. The highest BCUT2D eigenvalue weighted by atomic mass is 16.5. The average molecular weight is 386 g/mol. The molecule has 6 heteroatoms. The molecule has 2 aliphatic rings. The summed E-state index contributed by atoms with van der Waals surface area (Å²) in [5.41, 5.74) is 4.82. The van der Waals surface area contributed by atoms with E-state index in [0.29, 0.717) is 17.4 Å². The van der Waals surface area contributed by atoms with Crippen LogP contribution in [-0.2, 0) is 17.6 Å². The fraction of sp³-hybridized carbons (Fsp3) is 0.348. The lowest BCUT2D eigenvalue weighted by molar-refractivity contribution is 0.122. The van der Waals surface area contributed by atoms with Gasteiger partial charge in [0, 0.05) is 31.4 Å². The summed E-state index contributed by atoms with van der Waals surface area (Å²) in [5, 5.41) is 9.54. The Hall–Kier alpha value is -3.17. The zero-order chi connectivity index (χ0) is 19.6. The van der Waals surface area contributed by atoms with Crippen molar-refractivity contribution in [1.82, 2.24) is 9.97 Å². The summed E-state index contributed by atoms with van der Waals surface area (Å²) in [6.07, 6.45) is 4.42. The molecule has 6 nitrogen and oxygen atoms in total. The first-order valence-corrected chi connectivity index (χ1v) is 10.1. The number of benzene rings is 1. The second-order valence-corrected chi connectivity index (χ2v) is 7.57. The van der Waals surface area contributed by atoms with Gasteiger partial charge in [-0.05, 0) is 54.7 Å². The van der Waals surface area contributed by atoms with E-state index in [2.05, 4.69) is 27.0 Å². The first-order chi connectivity index (χ1) is 14.3. The Morgan fingerprint density at radius 3 is 2.83 bits per heavy atom. The molecule has 29 heavy (non-hydrogen) atoms. The largest absolute Gasteiger partial charge is 0.440 e. The third-order valence-electron chi connectivity index (χ3n) is 5.74. The van der Waals surface area contributed by atoms with Gasteiger partial charge in [-0.25, -0.2) is 4.98 Å². The first kappa shape index (κ1) is 17.9. The summed E-state index contributed by atoms with van der Waals surface area (Å²) in [6, 6.07) is 14.3. The number of pyridine rings is 1. The van der Waals surface area contributed by atoms with E-state index in [1.165, 1.54) is 5.56 Å². The van der Waals surface area contributed by atoms with Crippen LogP contribution in [-0.4, -0.2) is 36.3 Å². The number of rotatable bonds is 3. The molecule has 1 atom stereocenters. The van der Waals surface area contributed by atoms with Gasteiger partial charge in [-0.1, -0.05) is 6.07 Å². The molecule has 1 aliphatic heterocycles. The number of hydrogen-bond donors (Lipinski definition) is 0. The first-order valence-electron chi connectivity index (χ1n) is 10.1. The monoisotopic (exact) mass is 386 g/mol. The second kappa shape index (κ2) is 7.69. The Morgan fingerprint density at radius 2 is 2.03 bits per heavy atom. The minimum Gasteiger partial charge on any atom is -0.440 e. The minimum atomic E-state index is 0.320. The number of aromatic nitrogens is 2. The summed E-state index contributed by atoms with van der Waals surface area (Å²) >= 11 is 0. The Bertz CT molecular complexity index is 1050. The summed E-state index contributed by atoms with van der Waals surface area (Å²) in [5.74, 6) is 1.85. The van der Waals surface area contributed by atoms with Crippen LogP contribution in [0.15, 0.2) is 47.0 Å². The van der Waals surface area contributed by atoms with Crippen molar-refractivity contribution in [2.24, 2.45) is 0 Å². The van der Waals surface area contributed by atoms with Crippen molar-refractivity contribution in [3.8, 4) is 17.7 Å². The van der Waals surface area contributed by atoms with Gasteiger partial charge >= 0.3 is 0 Å². The maximum Gasteiger partial charge on any atom is 0.245 e. The predicted octanol–water partition coefficient (Wildman–Crippen LogP) is 3.72. The lowest BCUT2D eigenvalue weighted by Crippen LogP contribution is -2.36. The third kappa shape index (κ3) is 3.62. The van der Waals surface area contributed by atoms with E-state index in [-0.39, 0.29) is 0 Å². The fourth-order valence-corrected chi connectivity index (χ4v) is 4.20. The summed E-state index contributed by atoms with van der Waals surface area (Å²) < 4.78 is 11.6. The van der Waals surface area contributed by atoms with E-state index in [0.717, 1.165) is 68.4 Å². The molecule has 146 valence electrons. The molecule has 0 amide bonds. The molecule has 0 spiro atoms. The number of anilines is 1. The fourth-order valence-electron chi connectivity index (χ4n) is 4.20. The van der Waals surface area contributed by atoms with Crippen LogP contribution < -0.4 is 4.90 Å². The summed E-state index contributed by atoms with van der Waals surface area (Å²) in [6.45, 7) is 3.18. The molecule has 1 aliphatic carbocycles. The predicted molar refractivity (Wildman–Crippen MR) is 109 cm³/mol. The maximum atomic E-state index is 9.54. The van der Waals surface area contributed by atoms with E-state index in [1.54, 1.807) is 6.20 Å². The summed E-state index contributed by atoms with van der Waals surface area (Å²) in [7, 11) is 0. The standard InChI is InChI=1S/C23H22N4O2/c24-15-16-11-18(13-19(12-16)27-7-9-28-10-8-27)17-4-5-20-22(14-17)29-23(26-20)21-3-1-2-6-25-21/h1-3,6,11-13,17H,4-5,7-10,14H2. The lowest BCUT2D eigenvalue weighted by atomic mass is 9.84. The molecular weight excluding hydrogens is 364 g/mol. The molecule has 0 bridgehead atoms. The normalized spacial score (nSPS) is 18.9. The van der Waals surface area contributed by atoms with E-state index in [1.807, 2.05) is 30.3 Å². The van der Waals surface area contributed by atoms with Crippen LogP contribution in [0.2, 0.25) is 0 Å². The van der Waals surface area contributed by atoms with Crippen LogP contribution in [0.5, 0.6) is 0 Å². The van der Waals surface area contributed by atoms with E-state index < -0.39 is 0 Å². The number of nitriles is 1. The Balaban J connectivity index is 1.42. The lowest BCUT2D eigenvalue weighted by Gasteiger charge is -2.30. The van der Waals surface area contributed by atoms with Crippen molar-refractivity contribution in [3.05, 3.63) is 65.2 Å². The number of hydrogen-bond acceptors (Lipinski definition) is 6. The molecule has 1 saturated heterocycles. The van der Waals surface area contributed by atoms with Gasteiger partial charge in [-0.15, -0.1) is 0 Å². The SMILES string of the molecule is N#Cc1cc(C2CCc3nc(-c4ccccn4)oc3C2)cc(N2CCOCC2)c1. The third-order valence-corrected chi connectivity index (χ3v) is 5.74. The molecule has 3 aromatic rings. The molecule has 0 radical (unpaired) electrons. The molecule has 0 N–H and O–H groups in total. The van der Waals surface area contributed by atoms with Crippen LogP contribution in [0.3, 0.4) is 0 Å². The van der Waals surface area contributed by atoms with Gasteiger partial charge in [-0.3, -0.25) is 4.98 Å². The number of oxazole rings is 1. The van der Waals surface area contributed by atoms with Crippen molar-refractivity contribution < 1.29 is 9.15 Å². The molecule has 0 saturated carbocycles. The highest BCUT2D eigenvalue weighted by Crippen LogP contribution is 2.36. The van der Waals surface area contributed by atoms with Crippen LogP contribution >= 0.6 is 0 Å². The second-order valence-electron chi connectivity index (χ2n) is 7.57. The van der Waals surface area contributed by atoms with Crippen LogP contribution in [0.25, 0.3) is 11.6 Å². The van der Waals surface area contributed by atoms with Gasteiger partial charge in [0.25, 0.3) is 0 Å². The maximum absolute atomic E-state index is 9.54. The Kier molecular flexibility index (Phi) is 4.74. The number of ether oxygens (including phenoxy) is 1. The average Bonchev–Trinajstić information content (AvgIpc) is 3.23. The van der Waals surface area contributed by atoms with Gasteiger partial charge in [0.1, 0.15) is 11.5 Å². The van der Waals surface area contributed by atoms with Gasteiger partial charge in [0.15, 0.2) is 0 Å². The summed E-state index contributed by atoms with van der Waals surface area (Å²) in [4.78, 5) is 11.3. The molecule has 3 heterocycles. The number of aryl methyl sites for hydroxylation is 1. The number of nitrogens with zero attached hydrogens (tertiary/aromatic N) is 4. The van der Waals surface area contributed by atoms with E-state index in [9.17, 15) is 5.26 Å². The van der Waals surface area contributed by atoms with Crippen molar-refractivity contribution in [2.75, 3.05) is 31.2 Å². The smallest absolute Gasteiger partial charge is 0.245 e. The molecule has 1 aromatic carbocycles. The highest BCUT2D eigenvalue weighted by molar-refractivity contribution is 5.55. The quantitative estimate of drug-likeness (QED) is 0.683. The molecule has 2 aromatic heterocycles. The van der Waals surface area contributed by atoms with Crippen molar-refractivity contribution in [3.63, 3.8) is 0 Å². The Labute approximate surface area is 169 Å². The van der Waals surface area contributed by atoms with E-state index in [4.69, 9.17) is 9.15 Å². The highest BCUT2D eigenvalue weighted by Gasteiger charge is 2.27.